The molecular weight excluding hydrogens is 280 g/mol. The zero-order chi connectivity index (χ0) is 14.5. The second kappa shape index (κ2) is 12.2. The van der Waals surface area contributed by atoms with Crippen LogP contribution in [0.5, 0.6) is 0 Å². The van der Waals surface area contributed by atoms with Crippen LogP contribution in [-0.4, -0.2) is 58.8 Å². The lowest BCUT2D eigenvalue weighted by Gasteiger charge is -2.05. The molecule has 0 aliphatic heterocycles. The number of thiazole rings is 1. The lowest BCUT2D eigenvalue weighted by Crippen LogP contribution is -2.11. The zero-order valence-electron chi connectivity index (χ0n) is 12.2. The molecule has 1 heterocycles. The van der Waals surface area contributed by atoms with Crippen LogP contribution in [0, 0.1) is 0 Å². The molecule has 7 heteroatoms. The molecule has 0 fully saturated rings. The Morgan fingerprint density at radius 1 is 1.05 bits per heavy atom. The number of nitrogens with one attached hydrogen (secondary N) is 1. The molecule has 6 nitrogen and oxygen atoms in total. The molecule has 1 aromatic heterocycles. The number of nitrogens with zero attached hydrogens (tertiary/aromatic N) is 1. The van der Waals surface area contributed by atoms with E-state index >= 15 is 0 Å². The van der Waals surface area contributed by atoms with Crippen molar-refractivity contribution < 1.29 is 18.9 Å². The summed E-state index contributed by atoms with van der Waals surface area (Å²) in [5.41, 5.74) is 0.975. The van der Waals surface area contributed by atoms with Crippen LogP contribution in [0.4, 0.5) is 0 Å². The van der Waals surface area contributed by atoms with Gasteiger partial charge in [-0.3, -0.25) is 0 Å². The van der Waals surface area contributed by atoms with Crippen molar-refractivity contribution in [3.8, 4) is 0 Å². The SMILES string of the molecule is CNCc1nc(COCCOCCOCCOC)cs1. The lowest BCUT2D eigenvalue weighted by atomic mass is 10.5. The average Bonchev–Trinajstić information content (AvgIpc) is 2.89. The van der Waals surface area contributed by atoms with Gasteiger partial charge in [0.25, 0.3) is 0 Å². The van der Waals surface area contributed by atoms with Gasteiger partial charge < -0.3 is 24.3 Å². The molecule has 1 N–H and O–H groups in total. The standard InChI is InChI=1S/C13H24N2O4S/c1-14-9-13-15-12(11-20-13)10-19-8-7-18-6-5-17-4-3-16-2/h11,14H,3-10H2,1-2H3. The molecule has 0 bridgehead atoms. The first-order valence-corrected chi connectivity index (χ1v) is 7.55. The van der Waals surface area contributed by atoms with E-state index in [1.807, 2.05) is 12.4 Å². The maximum atomic E-state index is 5.49. The first-order chi connectivity index (χ1) is 9.86. The lowest BCUT2D eigenvalue weighted by molar-refractivity contribution is 0.000512. The van der Waals surface area contributed by atoms with Gasteiger partial charge in [-0.25, -0.2) is 4.98 Å². The number of aromatic nitrogens is 1. The Bertz CT molecular complexity index is 336. The second-order valence-electron chi connectivity index (χ2n) is 4.03. The Labute approximate surface area is 124 Å². The molecule has 0 aromatic carbocycles. The highest BCUT2D eigenvalue weighted by molar-refractivity contribution is 7.09. The highest BCUT2D eigenvalue weighted by Crippen LogP contribution is 2.10. The minimum absolute atomic E-state index is 0.536. The van der Waals surface area contributed by atoms with Gasteiger partial charge in [0.15, 0.2) is 0 Å². The summed E-state index contributed by atoms with van der Waals surface area (Å²) in [5, 5.41) is 6.18. The molecule has 0 amide bonds. The van der Waals surface area contributed by atoms with Crippen molar-refractivity contribution in [3.05, 3.63) is 16.1 Å². The minimum atomic E-state index is 0.536. The smallest absolute Gasteiger partial charge is 0.107 e. The molecule has 0 aliphatic rings. The van der Waals surface area contributed by atoms with Crippen LogP contribution < -0.4 is 5.32 Å². The fourth-order valence-electron chi connectivity index (χ4n) is 1.41. The average molecular weight is 304 g/mol. The summed E-state index contributed by atoms with van der Waals surface area (Å²) in [7, 11) is 3.56. The first-order valence-electron chi connectivity index (χ1n) is 6.67. The third-order valence-corrected chi connectivity index (χ3v) is 3.25. The summed E-state index contributed by atoms with van der Waals surface area (Å²) in [5.74, 6) is 0. The van der Waals surface area contributed by atoms with Crippen LogP contribution >= 0.6 is 11.3 Å². The van der Waals surface area contributed by atoms with Crippen molar-refractivity contribution in [3.63, 3.8) is 0 Å². The number of hydrogen-bond donors (Lipinski definition) is 1. The molecule has 0 aliphatic carbocycles. The van der Waals surface area contributed by atoms with Crippen LogP contribution in [0.2, 0.25) is 0 Å². The zero-order valence-corrected chi connectivity index (χ0v) is 13.0. The van der Waals surface area contributed by atoms with E-state index in [-0.39, 0.29) is 0 Å². The number of hydrogen-bond acceptors (Lipinski definition) is 7. The summed E-state index contributed by atoms with van der Waals surface area (Å²) >= 11 is 1.64. The van der Waals surface area contributed by atoms with Gasteiger partial charge in [0.2, 0.25) is 0 Å². The predicted molar refractivity (Wildman–Crippen MR) is 78.0 cm³/mol. The van der Waals surface area contributed by atoms with E-state index in [0.717, 1.165) is 17.2 Å². The molecule has 0 spiro atoms. The molecule has 116 valence electrons. The van der Waals surface area contributed by atoms with Gasteiger partial charge in [-0.05, 0) is 7.05 Å². The van der Waals surface area contributed by atoms with Crippen molar-refractivity contribution in [2.75, 3.05) is 53.8 Å². The quantitative estimate of drug-likeness (QED) is 0.550. The molecule has 1 aromatic rings. The van der Waals surface area contributed by atoms with E-state index < -0.39 is 0 Å². The molecule has 0 atom stereocenters. The third-order valence-electron chi connectivity index (χ3n) is 2.35. The monoisotopic (exact) mass is 304 g/mol. The van der Waals surface area contributed by atoms with Gasteiger partial charge >= 0.3 is 0 Å². The van der Waals surface area contributed by atoms with Crippen LogP contribution in [-0.2, 0) is 32.1 Å². The Morgan fingerprint density at radius 2 is 1.70 bits per heavy atom. The van der Waals surface area contributed by atoms with Gasteiger partial charge in [-0.1, -0.05) is 0 Å². The maximum Gasteiger partial charge on any atom is 0.107 e. The van der Waals surface area contributed by atoms with E-state index in [2.05, 4.69) is 10.3 Å². The van der Waals surface area contributed by atoms with Gasteiger partial charge in [0.05, 0.1) is 51.9 Å². The Kier molecular flexibility index (Phi) is 10.7. The van der Waals surface area contributed by atoms with Gasteiger partial charge in [-0.2, -0.15) is 0 Å². The Balaban J connectivity index is 1.89. The highest BCUT2D eigenvalue weighted by Gasteiger charge is 2.01. The normalized spacial score (nSPS) is 11.1. The van der Waals surface area contributed by atoms with E-state index in [1.165, 1.54) is 0 Å². The summed E-state index contributed by atoms with van der Waals surface area (Å²) in [6.07, 6.45) is 0. The van der Waals surface area contributed by atoms with Gasteiger partial charge in [0.1, 0.15) is 5.01 Å². The Hall–Kier alpha value is -0.570. The van der Waals surface area contributed by atoms with Crippen molar-refractivity contribution in [2.24, 2.45) is 0 Å². The molecule has 1 rings (SSSR count). The number of methoxy groups -OCH3 is 1. The van der Waals surface area contributed by atoms with E-state index in [4.69, 9.17) is 18.9 Å². The van der Waals surface area contributed by atoms with E-state index in [0.29, 0.717) is 46.2 Å². The van der Waals surface area contributed by atoms with Crippen LogP contribution in [0.25, 0.3) is 0 Å². The molecule has 0 saturated carbocycles. The van der Waals surface area contributed by atoms with Crippen molar-refractivity contribution in [1.29, 1.82) is 0 Å². The summed E-state index contributed by atoms with van der Waals surface area (Å²) < 4.78 is 21.0. The fraction of sp³-hybridized carbons (Fsp3) is 0.769. The van der Waals surface area contributed by atoms with Gasteiger partial charge in [-0.15, -0.1) is 11.3 Å². The van der Waals surface area contributed by atoms with Gasteiger partial charge in [0, 0.05) is 19.0 Å². The third kappa shape index (κ3) is 8.57. The van der Waals surface area contributed by atoms with Crippen LogP contribution in [0.3, 0.4) is 0 Å². The van der Waals surface area contributed by atoms with Crippen molar-refractivity contribution in [1.82, 2.24) is 10.3 Å². The fourth-order valence-corrected chi connectivity index (χ4v) is 2.20. The minimum Gasteiger partial charge on any atom is -0.382 e. The summed E-state index contributed by atoms with van der Waals surface area (Å²) in [6, 6.07) is 0. The van der Waals surface area contributed by atoms with Crippen molar-refractivity contribution in [2.45, 2.75) is 13.2 Å². The Morgan fingerprint density at radius 3 is 2.35 bits per heavy atom. The number of ether oxygens (including phenoxy) is 4. The van der Waals surface area contributed by atoms with Crippen LogP contribution in [0.15, 0.2) is 5.38 Å². The highest BCUT2D eigenvalue weighted by atomic mass is 32.1. The second-order valence-corrected chi connectivity index (χ2v) is 4.98. The predicted octanol–water partition coefficient (Wildman–Crippen LogP) is 1.06. The topological polar surface area (TPSA) is 61.8 Å². The summed E-state index contributed by atoms with van der Waals surface area (Å²) in [6.45, 7) is 4.86. The van der Waals surface area contributed by atoms with Crippen molar-refractivity contribution >= 4 is 11.3 Å². The number of rotatable bonds is 13. The van der Waals surface area contributed by atoms with Crippen LogP contribution in [0.1, 0.15) is 10.7 Å². The molecular formula is C13H24N2O4S. The molecule has 0 unspecified atom stereocenters. The first kappa shape index (κ1) is 17.5. The van der Waals surface area contributed by atoms with E-state index in [1.54, 1.807) is 18.4 Å². The molecule has 0 saturated heterocycles. The summed E-state index contributed by atoms with van der Waals surface area (Å²) in [4.78, 5) is 4.43. The maximum absolute atomic E-state index is 5.49. The molecule has 20 heavy (non-hydrogen) atoms. The largest absolute Gasteiger partial charge is 0.382 e. The van der Waals surface area contributed by atoms with E-state index in [9.17, 15) is 0 Å². The molecule has 0 radical (unpaired) electrons.